The Kier molecular flexibility index (Phi) is 5.42. The van der Waals surface area contributed by atoms with Crippen LogP contribution in [0.4, 0.5) is 16.0 Å². The third-order valence-corrected chi connectivity index (χ3v) is 6.86. The van der Waals surface area contributed by atoms with Crippen LogP contribution in [0.1, 0.15) is 0 Å². The third kappa shape index (κ3) is 3.94. The van der Waals surface area contributed by atoms with E-state index in [-0.39, 0.29) is 4.90 Å². The highest BCUT2D eigenvalue weighted by molar-refractivity contribution is 7.89. The predicted octanol–water partition coefficient (Wildman–Crippen LogP) is 0.963. The van der Waals surface area contributed by atoms with Crippen molar-refractivity contribution in [2.24, 2.45) is 0 Å². The van der Waals surface area contributed by atoms with Gasteiger partial charge in [-0.1, -0.05) is 6.07 Å². The molecule has 28 heavy (non-hydrogen) atoms. The van der Waals surface area contributed by atoms with Crippen LogP contribution in [-0.4, -0.2) is 75.2 Å². The monoisotopic (exact) mass is 407 g/mol. The van der Waals surface area contributed by atoms with Crippen molar-refractivity contribution in [3.8, 4) is 0 Å². The Morgan fingerprint density at radius 3 is 2.18 bits per heavy atom. The van der Waals surface area contributed by atoms with Crippen molar-refractivity contribution in [3.05, 3.63) is 42.5 Å². The largest absolute Gasteiger partial charge is 0.378 e. The van der Waals surface area contributed by atoms with Crippen molar-refractivity contribution in [1.29, 1.82) is 0 Å². The number of hydrogen-bond donors (Lipinski definition) is 0. The zero-order valence-electron chi connectivity index (χ0n) is 15.4. The lowest BCUT2D eigenvalue weighted by Gasteiger charge is -2.35. The number of morpholine rings is 1. The molecule has 2 saturated heterocycles. The Labute approximate surface area is 163 Å². The molecule has 0 bridgehead atoms. The maximum Gasteiger partial charge on any atom is 0.243 e. The van der Waals surface area contributed by atoms with Gasteiger partial charge in [0.25, 0.3) is 0 Å². The van der Waals surface area contributed by atoms with E-state index in [4.69, 9.17) is 4.74 Å². The maximum atomic E-state index is 13.4. The van der Waals surface area contributed by atoms with E-state index in [1.165, 1.54) is 28.8 Å². The van der Waals surface area contributed by atoms with Crippen LogP contribution in [0.3, 0.4) is 0 Å². The SMILES string of the molecule is O=S(=O)(c1cccc(F)c1)N1CCN(c2cc(N3CCOCC3)ncn2)CC1. The van der Waals surface area contributed by atoms with E-state index in [9.17, 15) is 12.8 Å². The van der Waals surface area contributed by atoms with E-state index < -0.39 is 15.8 Å². The average Bonchev–Trinajstić information content (AvgIpc) is 2.74. The molecule has 1 aromatic heterocycles. The molecule has 8 nitrogen and oxygen atoms in total. The first-order chi connectivity index (χ1) is 13.5. The summed E-state index contributed by atoms with van der Waals surface area (Å²) in [5, 5.41) is 0. The molecule has 10 heteroatoms. The lowest BCUT2D eigenvalue weighted by atomic mass is 10.3. The highest BCUT2D eigenvalue weighted by Gasteiger charge is 2.29. The highest BCUT2D eigenvalue weighted by Crippen LogP contribution is 2.23. The molecule has 0 radical (unpaired) electrons. The molecule has 0 saturated carbocycles. The van der Waals surface area contributed by atoms with E-state index in [1.54, 1.807) is 0 Å². The summed E-state index contributed by atoms with van der Waals surface area (Å²) in [5.41, 5.74) is 0. The second kappa shape index (κ2) is 7.98. The van der Waals surface area contributed by atoms with Gasteiger partial charge in [-0.05, 0) is 18.2 Å². The van der Waals surface area contributed by atoms with Crippen LogP contribution in [0.25, 0.3) is 0 Å². The number of nitrogens with zero attached hydrogens (tertiary/aromatic N) is 5. The van der Waals surface area contributed by atoms with Gasteiger partial charge in [0.15, 0.2) is 0 Å². The molecule has 2 aromatic rings. The normalized spacial score (nSPS) is 19.0. The van der Waals surface area contributed by atoms with Crippen molar-refractivity contribution >= 4 is 21.7 Å². The van der Waals surface area contributed by atoms with Gasteiger partial charge >= 0.3 is 0 Å². The number of piperazine rings is 1. The fourth-order valence-corrected chi connectivity index (χ4v) is 4.86. The number of aromatic nitrogens is 2. The van der Waals surface area contributed by atoms with Crippen molar-refractivity contribution in [2.75, 3.05) is 62.3 Å². The first kappa shape index (κ1) is 19.0. The van der Waals surface area contributed by atoms with Crippen LogP contribution < -0.4 is 9.80 Å². The topological polar surface area (TPSA) is 78.9 Å². The van der Waals surface area contributed by atoms with Crippen LogP contribution in [0, 0.1) is 5.82 Å². The summed E-state index contributed by atoms with van der Waals surface area (Å²) in [6.45, 7) is 4.58. The van der Waals surface area contributed by atoms with Crippen LogP contribution in [0.2, 0.25) is 0 Å². The first-order valence-electron chi connectivity index (χ1n) is 9.19. The van der Waals surface area contributed by atoms with E-state index in [1.807, 2.05) is 11.0 Å². The van der Waals surface area contributed by atoms with E-state index in [0.29, 0.717) is 39.4 Å². The molecule has 2 aliphatic rings. The Hall–Kier alpha value is -2.30. The van der Waals surface area contributed by atoms with Crippen molar-refractivity contribution < 1.29 is 17.5 Å². The van der Waals surface area contributed by atoms with Crippen molar-refractivity contribution in [3.63, 3.8) is 0 Å². The van der Waals surface area contributed by atoms with Gasteiger partial charge in [-0.25, -0.2) is 22.8 Å². The van der Waals surface area contributed by atoms with Crippen LogP contribution in [0.5, 0.6) is 0 Å². The molecule has 3 heterocycles. The van der Waals surface area contributed by atoms with Gasteiger partial charge in [0.1, 0.15) is 23.8 Å². The molecule has 0 amide bonds. The van der Waals surface area contributed by atoms with Crippen LogP contribution in [0.15, 0.2) is 41.6 Å². The number of hydrogen-bond acceptors (Lipinski definition) is 7. The fraction of sp³-hybridized carbons (Fsp3) is 0.444. The third-order valence-electron chi connectivity index (χ3n) is 4.97. The van der Waals surface area contributed by atoms with Gasteiger partial charge in [-0.2, -0.15) is 4.31 Å². The minimum Gasteiger partial charge on any atom is -0.378 e. The summed E-state index contributed by atoms with van der Waals surface area (Å²) in [6, 6.07) is 7.05. The van der Waals surface area contributed by atoms with Gasteiger partial charge in [0, 0.05) is 45.3 Å². The fourth-order valence-electron chi connectivity index (χ4n) is 3.41. The second-order valence-electron chi connectivity index (χ2n) is 6.68. The summed E-state index contributed by atoms with van der Waals surface area (Å²) in [7, 11) is -3.70. The molecule has 1 aromatic carbocycles. The zero-order valence-corrected chi connectivity index (χ0v) is 16.2. The smallest absolute Gasteiger partial charge is 0.243 e. The summed E-state index contributed by atoms with van der Waals surface area (Å²) in [6.07, 6.45) is 1.54. The number of anilines is 2. The Balaban J connectivity index is 1.44. The van der Waals surface area contributed by atoms with Gasteiger partial charge in [0.05, 0.1) is 18.1 Å². The Bertz CT molecular complexity index is 928. The standard InChI is InChI=1S/C18H22FN5O3S/c19-15-2-1-3-16(12-15)28(25,26)24-6-4-22(5-7-24)17-13-18(21-14-20-17)23-8-10-27-11-9-23/h1-3,12-14H,4-11H2. The minimum atomic E-state index is -3.70. The molecular formula is C18H22FN5O3S. The first-order valence-corrected chi connectivity index (χ1v) is 10.6. The maximum absolute atomic E-state index is 13.4. The van der Waals surface area contributed by atoms with Crippen LogP contribution >= 0.6 is 0 Å². The zero-order chi connectivity index (χ0) is 19.6. The highest BCUT2D eigenvalue weighted by atomic mass is 32.2. The minimum absolute atomic E-state index is 0.0161. The predicted molar refractivity (Wildman–Crippen MR) is 102 cm³/mol. The Morgan fingerprint density at radius 2 is 1.54 bits per heavy atom. The molecule has 2 aliphatic heterocycles. The molecule has 2 fully saturated rings. The Morgan fingerprint density at radius 1 is 0.893 bits per heavy atom. The van der Waals surface area contributed by atoms with E-state index in [2.05, 4.69) is 14.9 Å². The van der Waals surface area contributed by atoms with Gasteiger partial charge in [-0.3, -0.25) is 0 Å². The number of rotatable bonds is 4. The quantitative estimate of drug-likeness (QED) is 0.747. The van der Waals surface area contributed by atoms with E-state index >= 15 is 0 Å². The van der Waals surface area contributed by atoms with Crippen molar-refractivity contribution in [1.82, 2.24) is 14.3 Å². The number of benzene rings is 1. The summed E-state index contributed by atoms with van der Waals surface area (Å²) in [4.78, 5) is 12.9. The second-order valence-corrected chi connectivity index (χ2v) is 8.62. The number of halogens is 1. The average molecular weight is 407 g/mol. The molecule has 0 aliphatic carbocycles. The molecule has 0 atom stereocenters. The summed E-state index contributed by atoms with van der Waals surface area (Å²) >= 11 is 0. The molecule has 0 N–H and O–H groups in total. The molecule has 150 valence electrons. The number of sulfonamides is 1. The molecule has 0 unspecified atom stereocenters. The summed E-state index contributed by atoms with van der Waals surface area (Å²) in [5.74, 6) is 1.07. The van der Waals surface area contributed by atoms with E-state index in [0.717, 1.165) is 30.8 Å². The lowest BCUT2D eigenvalue weighted by molar-refractivity contribution is 0.122. The van der Waals surface area contributed by atoms with Crippen LogP contribution in [-0.2, 0) is 14.8 Å². The van der Waals surface area contributed by atoms with Crippen molar-refractivity contribution in [2.45, 2.75) is 4.90 Å². The van der Waals surface area contributed by atoms with Gasteiger partial charge in [-0.15, -0.1) is 0 Å². The molecular weight excluding hydrogens is 385 g/mol. The lowest BCUT2D eigenvalue weighted by Crippen LogP contribution is -2.49. The number of ether oxygens (including phenoxy) is 1. The molecule has 4 rings (SSSR count). The summed E-state index contributed by atoms with van der Waals surface area (Å²) < 4.78 is 45.7. The molecule has 0 spiro atoms. The van der Waals surface area contributed by atoms with Gasteiger partial charge in [0.2, 0.25) is 10.0 Å². The van der Waals surface area contributed by atoms with Gasteiger partial charge < -0.3 is 14.5 Å².